The smallest absolute Gasteiger partial charge is 0.118 e. The van der Waals surface area contributed by atoms with Crippen LogP contribution >= 0.6 is 0 Å². The first-order valence-electron chi connectivity index (χ1n) is 17.9. The van der Waals surface area contributed by atoms with Crippen molar-refractivity contribution in [2.45, 2.75) is 52.4 Å². The number of phenols is 1. The Morgan fingerprint density at radius 3 is 1.71 bits per heavy atom. The van der Waals surface area contributed by atoms with E-state index in [1.54, 1.807) is 19.2 Å². The number of aromatic hydroxyl groups is 1. The van der Waals surface area contributed by atoms with Crippen LogP contribution in [0.4, 0.5) is 0 Å². The first-order valence-corrected chi connectivity index (χ1v) is 17.9. The molecular weight excluding hydrogens is 637 g/mol. The molecule has 5 aromatic carbocycles. The number of rotatable bonds is 7. The predicted molar refractivity (Wildman–Crippen MR) is 217 cm³/mol. The second-order valence-corrected chi connectivity index (χ2v) is 15.5. The number of aromatic amines is 1. The monoisotopic (exact) mass is 682 g/mol. The summed E-state index contributed by atoms with van der Waals surface area (Å²) in [6.07, 6.45) is 2.15. The van der Waals surface area contributed by atoms with Gasteiger partial charge >= 0.3 is 0 Å². The van der Waals surface area contributed by atoms with E-state index in [-0.39, 0.29) is 16.6 Å². The van der Waals surface area contributed by atoms with Gasteiger partial charge in [0.05, 0.1) is 24.2 Å². The zero-order chi connectivity index (χ0) is 36.6. The van der Waals surface area contributed by atoms with Crippen LogP contribution in [0.1, 0.15) is 75.1 Å². The first kappa shape index (κ1) is 34.6. The highest BCUT2D eigenvalue weighted by atomic mass is 16.5. The molecule has 1 aliphatic rings. The van der Waals surface area contributed by atoms with Crippen LogP contribution in [0.3, 0.4) is 0 Å². The average Bonchev–Trinajstić information content (AvgIpc) is 3.78. The Kier molecular flexibility index (Phi) is 9.10. The Hall–Kier alpha value is -5.87. The van der Waals surface area contributed by atoms with Crippen molar-refractivity contribution in [2.24, 2.45) is 4.99 Å². The Labute approximate surface area is 307 Å². The van der Waals surface area contributed by atoms with Gasteiger partial charge in [-0.1, -0.05) is 133 Å². The molecule has 0 fully saturated rings. The molecule has 0 amide bonds. The number of nitrogens with one attached hydrogen (secondary N) is 1. The standard InChI is InChI=1S/C48H46N2O2/c1-47(2,3)36-21-13-31(14-22-36)40-29-42(33-15-23-37(24-16-33)48(4,5)6)49-45(40)44(35-11-9-8-10-12-35)46-41(32-17-25-38(51)26-18-32)30-43(50-46)34-19-27-39(52-7)28-20-34/h8-30,49,51H,1-7H3/b46-44-. The summed E-state index contributed by atoms with van der Waals surface area (Å²) in [4.78, 5) is 9.34. The van der Waals surface area contributed by atoms with E-state index in [1.165, 1.54) is 11.1 Å². The van der Waals surface area contributed by atoms with E-state index < -0.39 is 0 Å². The molecule has 0 saturated heterocycles. The van der Waals surface area contributed by atoms with Crippen LogP contribution in [0.25, 0.3) is 33.5 Å². The third-order valence-corrected chi connectivity index (χ3v) is 9.82. The molecule has 0 radical (unpaired) electrons. The van der Waals surface area contributed by atoms with Gasteiger partial charge in [0.1, 0.15) is 11.5 Å². The van der Waals surface area contributed by atoms with Crippen molar-refractivity contribution in [2.75, 3.05) is 7.11 Å². The number of methoxy groups -OCH3 is 1. The number of allylic oxidation sites excluding steroid dienone is 2. The van der Waals surface area contributed by atoms with Crippen LogP contribution in [0.5, 0.6) is 11.5 Å². The van der Waals surface area contributed by atoms with Gasteiger partial charge < -0.3 is 14.8 Å². The van der Waals surface area contributed by atoms with Gasteiger partial charge in [-0.25, -0.2) is 4.99 Å². The molecule has 0 spiro atoms. The van der Waals surface area contributed by atoms with E-state index in [4.69, 9.17) is 9.73 Å². The normalized spacial score (nSPS) is 14.2. The maximum absolute atomic E-state index is 10.2. The number of hydrogen-bond donors (Lipinski definition) is 2. The van der Waals surface area contributed by atoms with Crippen LogP contribution in [-0.2, 0) is 10.8 Å². The largest absolute Gasteiger partial charge is 0.508 e. The van der Waals surface area contributed by atoms with Crippen LogP contribution in [0.15, 0.2) is 150 Å². The van der Waals surface area contributed by atoms with Crippen molar-refractivity contribution in [1.29, 1.82) is 0 Å². The molecule has 0 saturated carbocycles. The SMILES string of the molecule is COc1ccc(C2=N/C(=C(/c3ccccc3)c3[nH]c(-c4ccc(C(C)(C)C)cc4)cc3-c3ccc(C(C)(C)C)cc3)C(c3ccc(O)cc3)=C2)cc1. The minimum atomic E-state index is 0.0386. The summed E-state index contributed by atoms with van der Waals surface area (Å²) in [5, 5.41) is 10.2. The molecule has 4 heteroatoms. The lowest BCUT2D eigenvalue weighted by Gasteiger charge is -2.19. The molecule has 7 rings (SSSR count). The maximum Gasteiger partial charge on any atom is 0.118 e. The molecule has 2 heterocycles. The number of benzene rings is 5. The van der Waals surface area contributed by atoms with E-state index in [0.717, 1.165) is 73.1 Å². The van der Waals surface area contributed by atoms with Crippen molar-refractivity contribution in [3.05, 3.63) is 179 Å². The minimum Gasteiger partial charge on any atom is -0.508 e. The predicted octanol–water partition coefficient (Wildman–Crippen LogP) is 12.0. The van der Waals surface area contributed by atoms with Gasteiger partial charge in [-0.3, -0.25) is 0 Å². The summed E-state index contributed by atoms with van der Waals surface area (Å²) < 4.78 is 5.46. The quantitative estimate of drug-likeness (QED) is 0.176. The zero-order valence-corrected chi connectivity index (χ0v) is 31.1. The number of H-pyrrole nitrogens is 1. The van der Waals surface area contributed by atoms with Crippen LogP contribution < -0.4 is 4.74 Å². The van der Waals surface area contributed by atoms with Gasteiger partial charge in [0.2, 0.25) is 0 Å². The Balaban J connectivity index is 1.51. The van der Waals surface area contributed by atoms with Gasteiger partial charge in [0, 0.05) is 28.0 Å². The number of hydrogen-bond acceptors (Lipinski definition) is 3. The first-order chi connectivity index (χ1) is 24.9. The molecule has 0 bridgehead atoms. The summed E-state index contributed by atoms with van der Waals surface area (Å²) >= 11 is 0. The number of phenolic OH excluding ortho intramolecular Hbond substituents is 1. The zero-order valence-electron chi connectivity index (χ0n) is 31.1. The molecular formula is C48H46N2O2. The third kappa shape index (κ3) is 7.02. The number of ether oxygens (including phenoxy) is 1. The molecule has 260 valence electrons. The number of aromatic nitrogens is 1. The highest BCUT2D eigenvalue weighted by Gasteiger charge is 2.27. The van der Waals surface area contributed by atoms with E-state index in [2.05, 4.69) is 131 Å². The van der Waals surface area contributed by atoms with Crippen LogP contribution in [0, 0.1) is 0 Å². The molecule has 1 aromatic heterocycles. The van der Waals surface area contributed by atoms with Gasteiger partial charge in [0.15, 0.2) is 0 Å². The molecule has 0 aliphatic carbocycles. The summed E-state index contributed by atoms with van der Waals surface area (Å²) in [5.41, 5.74) is 14.7. The number of aliphatic imine (C=N–C) groups is 1. The Bertz CT molecular complexity index is 2290. The van der Waals surface area contributed by atoms with Crippen LogP contribution in [-0.4, -0.2) is 22.9 Å². The molecule has 4 nitrogen and oxygen atoms in total. The van der Waals surface area contributed by atoms with Crippen molar-refractivity contribution in [3.63, 3.8) is 0 Å². The lowest BCUT2D eigenvalue weighted by Crippen LogP contribution is -2.10. The van der Waals surface area contributed by atoms with Gasteiger partial charge in [-0.05, 0) is 92.8 Å². The molecule has 52 heavy (non-hydrogen) atoms. The van der Waals surface area contributed by atoms with Crippen molar-refractivity contribution in [1.82, 2.24) is 4.98 Å². The molecule has 2 N–H and O–H groups in total. The molecule has 1 aliphatic heterocycles. The molecule has 0 unspecified atom stereocenters. The Morgan fingerprint density at radius 2 is 1.15 bits per heavy atom. The molecule has 0 atom stereocenters. The van der Waals surface area contributed by atoms with Crippen molar-refractivity contribution in [3.8, 4) is 33.9 Å². The van der Waals surface area contributed by atoms with E-state index in [0.29, 0.717) is 0 Å². The second-order valence-electron chi connectivity index (χ2n) is 15.5. The molecule has 6 aromatic rings. The van der Waals surface area contributed by atoms with Crippen molar-refractivity contribution >= 4 is 16.9 Å². The minimum absolute atomic E-state index is 0.0386. The summed E-state index contributed by atoms with van der Waals surface area (Å²) in [5.74, 6) is 1.02. The van der Waals surface area contributed by atoms with Gasteiger partial charge in [-0.2, -0.15) is 0 Å². The fourth-order valence-corrected chi connectivity index (χ4v) is 6.72. The maximum atomic E-state index is 10.2. The third-order valence-electron chi connectivity index (χ3n) is 9.82. The van der Waals surface area contributed by atoms with Crippen molar-refractivity contribution < 1.29 is 9.84 Å². The summed E-state index contributed by atoms with van der Waals surface area (Å²) in [7, 11) is 1.68. The van der Waals surface area contributed by atoms with Gasteiger partial charge in [0.25, 0.3) is 0 Å². The lowest BCUT2D eigenvalue weighted by molar-refractivity contribution is 0.415. The van der Waals surface area contributed by atoms with Crippen LogP contribution in [0.2, 0.25) is 0 Å². The highest BCUT2D eigenvalue weighted by Crippen LogP contribution is 2.44. The fraction of sp³-hybridized carbons (Fsp3) is 0.188. The lowest BCUT2D eigenvalue weighted by atomic mass is 9.85. The van der Waals surface area contributed by atoms with E-state index in [1.807, 2.05) is 42.5 Å². The Morgan fingerprint density at radius 1 is 0.615 bits per heavy atom. The highest BCUT2D eigenvalue weighted by molar-refractivity contribution is 6.20. The van der Waals surface area contributed by atoms with Gasteiger partial charge in [-0.15, -0.1) is 0 Å². The fourth-order valence-electron chi connectivity index (χ4n) is 6.72. The van der Waals surface area contributed by atoms with E-state index in [9.17, 15) is 5.11 Å². The van der Waals surface area contributed by atoms with E-state index >= 15 is 0 Å². The number of nitrogens with zero attached hydrogens (tertiary/aromatic N) is 1. The topological polar surface area (TPSA) is 57.6 Å². The summed E-state index contributed by atoms with van der Waals surface area (Å²) in [6.45, 7) is 13.5. The summed E-state index contributed by atoms with van der Waals surface area (Å²) in [6, 6.07) is 46.1. The second kappa shape index (κ2) is 13.7. The average molecular weight is 683 g/mol.